The number of amides is 1. The Kier molecular flexibility index (Phi) is 5.20. The highest BCUT2D eigenvalue weighted by molar-refractivity contribution is 5.75. The van der Waals surface area contributed by atoms with E-state index in [0.717, 1.165) is 22.8 Å². The van der Waals surface area contributed by atoms with Crippen LogP contribution >= 0.6 is 0 Å². The lowest BCUT2D eigenvalue weighted by molar-refractivity contribution is -0.121. The summed E-state index contributed by atoms with van der Waals surface area (Å²) >= 11 is 0. The van der Waals surface area contributed by atoms with Crippen molar-refractivity contribution in [3.8, 4) is 5.75 Å². The predicted molar refractivity (Wildman–Crippen MR) is 83.9 cm³/mol. The predicted octanol–water partition coefficient (Wildman–Crippen LogP) is 2.99. The van der Waals surface area contributed by atoms with Gasteiger partial charge in [0.25, 0.3) is 0 Å². The lowest BCUT2D eigenvalue weighted by Crippen LogP contribution is -2.24. The molecule has 0 radical (unpaired) electrons. The second-order valence-electron chi connectivity index (χ2n) is 5.32. The number of oxazole rings is 1. The first kappa shape index (κ1) is 16.1. The molecular weight excluding hydrogens is 280 g/mol. The zero-order valence-corrected chi connectivity index (χ0v) is 13.5. The number of nitrogens with zero attached hydrogens (tertiary/aromatic N) is 1. The summed E-state index contributed by atoms with van der Waals surface area (Å²) in [6.45, 7) is 8.43. The van der Waals surface area contributed by atoms with E-state index in [2.05, 4.69) is 10.3 Å². The van der Waals surface area contributed by atoms with E-state index in [1.54, 1.807) is 0 Å². The molecule has 0 aliphatic carbocycles. The van der Waals surface area contributed by atoms with E-state index in [0.29, 0.717) is 25.5 Å². The number of carbonyl (C=O) groups is 1. The van der Waals surface area contributed by atoms with Crippen molar-refractivity contribution in [3.05, 3.63) is 46.7 Å². The van der Waals surface area contributed by atoms with Gasteiger partial charge in [-0.1, -0.05) is 12.1 Å². The molecule has 1 amide bonds. The summed E-state index contributed by atoms with van der Waals surface area (Å²) in [7, 11) is 0. The summed E-state index contributed by atoms with van der Waals surface area (Å²) in [6, 6.07) is 5.90. The zero-order chi connectivity index (χ0) is 16.1. The molecule has 0 unspecified atom stereocenters. The number of nitrogens with one attached hydrogen (secondary N) is 1. The van der Waals surface area contributed by atoms with Gasteiger partial charge in [-0.15, -0.1) is 0 Å². The molecule has 5 nitrogen and oxygen atoms in total. The molecule has 1 aromatic carbocycles. The van der Waals surface area contributed by atoms with Gasteiger partial charge in [0.15, 0.2) is 0 Å². The normalized spacial score (nSPS) is 10.5. The Bertz CT molecular complexity index is 642. The largest absolute Gasteiger partial charge is 0.493 e. The Morgan fingerprint density at radius 3 is 2.73 bits per heavy atom. The SMILES string of the molecule is Cc1cccc(OCCC(=O)NCc2nc(C)c(C)o2)c1C. The molecule has 0 aliphatic heterocycles. The molecule has 1 N–H and O–H groups in total. The Morgan fingerprint density at radius 1 is 1.27 bits per heavy atom. The van der Waals surface area contributed by atoms with E-state index in [1.807, 2.05) is 45.9 Å². The molecule has 1 aromatic heterocycles. The van der Waals surface area contributed by atoms with E-state index in [9.17, 15) is 4.79 Å². The van der Waals surface area contributed by atoms with Crippen molar-refractivity contribution in [1.29, 1.82) is 0 Å². The molecule has 5 heteroatoms. The maximum absolute atomic E-state index is 11.8. The van der Waals surface area contributed by atoms with Gasteiger partial charge in [0.1, 0.15) is 11.5 Å². The summed E-state index contributed by atoms with van der Waals surface area (Å²) in [5.74, 6) is 2.05. The molecule has 0 spiro atoms. The molecule has 0 saturated carbocycles. The van der Waals surface area contributed by atoms with E-state index < -0.39 is 0 Å². The number of aromatic nitrogens is 1. The van der Waals surface area contributed by atoms with E-state index in [-0.39, 0.29) is 5.91 Å². The summed E-state index contributed by atoms with van der Waals surface area (Å²) in [4.78, 5) is 16.0. The maximum atomic E-state index is 11.8. The van der Waals surface area contributed by atoms with Crippen molar-refractivity contribution in [2.75, 3.05) is 6.61 Å². The lowest BCUT2D eigenvalue weighted by atomic mass is 10.1. The highest BCUT2D eigenvalue weighted by atomic mass is 16.5. The number of hydrogen-bond acceptors (Lipinski definition) is 4. The van der Waals surface area contributed by atoms with Crippen LogP contribution in [0.2, 0.25) is 0 Å². The van der Waals surface area contributed by atoms with Gasteiger partial charge >= 0.3 is 0 Å². The van der Waals surface area contributed by atoms with Crippen molar-refractivity contribution >= 4 is 5.91 Å². The number of benzene rings is 1. The first-order valence-corrected chi connectivity index (χ1v) is 7.36. The van der Waals surface area contributed by atoms with E-state index in [4.69, 9.17) is 9.15 Å². The molecule has 0 atom stereocenters. The third kappa shape index (κ3) is 4.10. The van der Waals surface area contributed by atoms with Crippen LogP contribution in [0.15, 0.2) is 22.6 Å². The van der Waals surface area contributed by atoms with Gasteiger partial charge in [-0.2, -0.15) is 0 Å². The number of aryl methyl sites for hydroxylation is 3. The second-order valence-corrected chi connectivity index (χ2v) is 5.32. The molecule has 0 bridgehead atoms. The second kappa shape index (κ2) is 7.11. The van der Waals surface area contributed by atoms with Gasteiger partial charge in [0.2, 0.25) is 11.8 Å². The average Bonchev–Trinajstić information content (AvgIpc) is 2.80. The Balaban J connectivity index is 1.75. The third-order valence-corrected chi connectivity index (χ3v) is 3.65. The maximum Gasteiger partial charge on any atom is 0.223 e. The molecule has 1 heterocycles. The molecule has 2 aromatic rings. The van der Waals surface area contributed by atoms with Crippen molar-refractivity contribution in [3.63, 3.8) is 0 Å². The number of rotatable bonds is 6. The van der Waals surface area contributed by atoms with Crippen LogP contribution in [0.5, 0.6) is 5.75 Å². The van der Waals surface area contributed by atoms with Gasteiger partial charge in [-0.3, -0.25) is 4.79 Å². The smallest absolute Gasteiger partial charge is 0.223 e. The number of carbonyl (C=O) groups excluding carboxylic acids is 1. The van der Waals surface area contributed by atoms with Crippen molar-refractivity contribution < 1.29 is 13.9 Å². The van der Waals surface area contributed by atoms with Crippen LogP contribution < -0.4 is 10.1 Å². The van der Waals surface area contributed by atoms with Gasteiger partial charge in [0.05, 0.1) is 25.3 Å². The van der Waals surface area contributed by atoms with Gasteiger partial charge in [0, 0.05) is 0 Å². The highest BCUT2D eigenvalue weighted by Crippen LogP contribution is 2.20. The number of ether oxygens (including phenoxy) is 1. The Morgan fingerprint density at radius 2 is 2.05 bits per heavy atom. The van der Waals surface area contributed by atoms with Gasteiger partial charge in [-0.25, -0.2) is 4.98 Å². The minimum Gasteiger partial charge on any atom is -0.493 e. The Hall–Kier alpha value is -2.30. The van der Waals surface area contributed by atoms with Gasteiger partial charge in [-0.05, 0) is 44.9 Å². The third-order valence-electron chi connectivity index (χ3n) is 3.65. The zero-order valence-electron chi connectivity index (χ0n) is 13.5. The van der Waals surface area contributed by atoms with Gasteiger partial charge < -0.3 is 14.5 Å². The highest BCUT2D eigenvalue weighted by Gasteiger charge is 2.08. The van der Waals surface area contributed by atoms with Crippen molar-refractivity contribution in [2.45, 2.75) is 40.7 Å². The topological polar surface area (TPSA) is 64.4 Å². The summed E-state index contributed by atoms with van der Waals surface area (Å²) in [5.41, 5.74) is 3.13. The number of hydrogen-bond donors (Lipinski definition) is 1. The van der Waals surface area contributed by atoms with E-state index in [1.165, 1.54) is 5.56 Å². The fraction of sp³-hybridized carbons (Fsp3) is 0.412. The monoisotopic (exact) mass is 302 g/mol. The fourth-order valence-corrected chi connectivity index (χ4v) is 2.01. The average molecular weight is 302 g/mol. The molecular formula is C17H22N2O3. The molecule has 0 fully saturated rings. The van der Waals surface area contributed by atoms with Crippen LogP contribution in [-0.4, -0.2) is 17.5 Å². The van der Waals surface area contributed by atoms with Crippen molar-refractivity contribution in [1.82, 2.24) is 10.3 Å². The molecule has 118 valence electrons. The van der Waals surface area contributed by atoms with E-state index >= 15 is 0 Å². The summed E-state index contributed by atoms with van der Waals surface area (Å²) < 4.78 is 11.1. The van der Waals surface area contributed by atoms with Crippen molar-refractivity contribution in [2.24, 2.45) is 0 Å². The van der Waals surface area contributed by atoms with Crippen LogP contribution in [0.3, 0.4) is 0 Å². The Labute approximate surface area is 130 Å². The summed E-state index contributed by atoms with van der Waals surface area (Å²) in [5, 5.41) is 2.78. The summed E-state index contributed by atoms with van der Waals surface area (Å²) in [6.07, 6.45) is 0.298. The standard InChI is InChI=1S/C17H22N2O3/c1-11-6-5-7-15(12(11)2)21-9-8-16(20)18-10-17-19-13(3)14(4)22-17/h5-7H,8-10H2,1-4H3,(H,18,20). The van der Waals surface area contributed by atoms with Crippen LogP contribution in [-0.2, 0) is 11.3 Å². The van der Waals surface area contributed by atoms with Crippen LogP contribution in [0, 0.1) is 27.7 Å². The minimum absolute atomic E-state index is 0.0844. The van der Waals surface area contributed by atoms with Crippen LogP contribution in [0.1, 0.15) is 34.9 Å². The molecule has 0 saturated heterocycles. The lowest BCUT2D eigenvalue weighted by Gasteiger charge is -2.10. The fourth-order valence-electron chi connectivity index (χ4n) is 2.01. The molecule has 22 heavy (non-hydrogen) atoms. The molecule has 2 rings (SSSR count). The first-order valence-electron chi connectivity index (χ1n) is 7.36. The molecule has 0 aliphatic rings. The quantitative estimate of drug-likeness (QED) is 0.891. The first-order chi connectivity index (χ1) is 10.5. The minimum atomic E-state index is -0.0844. The van der Waals surface area contributed by atoms with Crippen LogP contribution in [0.4, 0.5) is 0 Å². The van der Waals surface area contributed by atoms with Crippen LogP contribution in [0.25, 0.3) is 0 Å².